The molecule has 0 radical (unpaired) electrons. The lowest BCUT2D eigenvalue weighted by molar-refractivity contribution is -0.137. The predicted octanol–water partition coefficient (Wildman–Crippen LogP) is 2.43. The van der Waals surface area contributed by atoms with Gasteiger partial charge in [0.05, 0.1) is 6.42 Å². The number of hydrogen-bond donors (Lipinski definition) is 2. The van der Waals surface area contributed by atoms with Gasteiger partial charge in [-0.05, 0) is 25.2 Å². The van der Waals surface area contributed by atoms with E-state index in [2.05, 4.69) is 19.2 Å². The third kappa shape index (κ3) is 5.20. The van der Waals surface area contributed by atoms with Crippen LogP contribution in [0.3, 0.4) is 0 Å². The molecule has 17 heavy (non-hydrogen) atoms. The van der Waals surface area contributed by atoms with E-state index in [-0.39, 0.29) is 24.3 Å². The molecular formula is C13H25NO3. The molecule has 0 unspecified atom stereocenters. The van der Waals surface area contributed by atoms with Crippen molar-refractivity contribution in [2.75, 3.05) is 6.54 Å². The normalized spacial score (nSPS) is 11.6. The van der Waals surface area contributed by atoms with Crippen LogP contribution < -0.4 is 5.32 Å². The Morgan fingerprint density at radius 2 is 1.76 bits per heavy atom. The minimum atomic E-state index is -0.882. The Hall–Kier alpha value is -1.06. The van der Waals surface area contributed by atoms with E-state index in [1.165, 1.54) is 0 Å². The van der Waals surface area contributed by atoms with E-state index in [0.29, 0.717) is 5.92 Å². The van der Waals surface area contributed by atoms with Gasteiger partial charge in [0, 0.05) is 12.0 Å². The molecule has 4 nitrogen and oxygen atoms in total. The minimum absolute atomic E-state index is 0.00236. The molecule has 0 aliphatic carbocycles. The van der Waals surface area contributed by atoms with Gasteiger partial charge in [-0.2, -0.15) is 0 Å². The van der Waals surface area contributed by atoms with Gasteiger partial charge in [0.2, 0.25) is 5.91 Å². The Morgan fingerprint density at radius 1 is 1.24 bits per heavy atom. The van der Waals surface area contributed by atoms with E-state index in [1.54, 1.807) is 0 Å². The van der Waals surface area contributed by atoms with Gasteiger partial charge in [0.1, 0.15) is 0 Å². The van der Waals surface area contributed by atoms with E-state index >= 15 is 0 Å². The van der Waals surface area contributed by atoms with Crippen LogP contribution in [0.5, 0.6) is 0 Å². The number of rotatable bonds is 8. The average Bonchev–Trinajstić information content (AvgIpc) is 2.24. The number of carbonyl (C=O) groups is 2. The van der Waals surface area contributed by atoms with Crippen molar-refractivity contribution in [3.05, 3.63) is 0 Å². The van der Waals surface area contributed by atoms with E-state index in [1.807, 2.05) is 13.8 Å². The second kappa shape index (κ2) is 7.30. The molecule has 0 saturated heterocycles. The van der Waals surface area contributed by atoms with E-state index < -0.39 is 5.97 Å². The summed E-state index contributed by atoms with van der Waals surface area (Å²) in [4.78, 5) is 22.5. The zero-order chi connectivity index (χ0) is 13.5. The maximum absolute atomic E-state index is 12.1. The summed E-state index contributed by atoms with van der Waals surface area (Å²) in [6.45, 7) is 8.45. The first-order chi connectivity index (χ1) is 7.88. The fourth-order valence-corrected chi connectivity index (χ4v) is 2.20. The molecule has 0 aliphatic rings. The largest absolute Gasteiger partial charge is 0.481 e. The Morgan fingerprint density at radius 3 is 2.12 bits per heavy atom. The summed E-state index contributed by atoms with van der Waals surface area (Å²) in [7, 11) is 0. The number of amides is 1. The molecular weight excluding hydrogens is 218 g/mol. The van der Waals surface area contributed by atoms with Crippen molar-refractivity contribution in [2.45, 2.75) is 53.4 Å². The number of carboxylic acid groups (broad SMARTS) is 1. The summed E-state index contributed by atoms with van der Waals surface area (Å²) in [5.41, 5.74) is -0.341. The molecule has 0 heterocycles. The van der Waals surface area contributed by atoms with Gasteiger partial charge >= 0.3 is 5.97 Å². The smallest absolute Gasteiger partial charge is 0.305 e. The van der Waals surface area contributed by atoms with Crippen molar-refractivity contribution in [2.24, 2.45) is 11.3 Å². The third-order valence-corrected chi connectivity index (χ3v) is 3.26. The van der Waals surface area contributed by atoms with Gasteiger partial charge in [-0.25, -0.2) is 0 Å². The molecule has 100 valence electrons. The Labute approximate surface area is 104 Å². The van der Waals surface area contributed by atoms with Crippen LogP contribution in [0.25, 0.3) is 0 Å². The van der Waals surface area contributed by atoms with Gasteiger partial charge in [-0.15, -0.1) is 0 Å². The van der Waals surface area contributed by atoms with E-state index in [4.69, 9.17) is 5.11 Å². The van der Waals surface area contributed by atoms with Gasteiger partial charge in [-0.3, -0.25) is 9.59 Å². The second-order valence-electron chi connectivity index (χ2n) is 4.99. The summed E-state index contributed by atoms with van der Waals surface area (Å²) in [6.07, 6.45) is 2.41. The number of carboxylic acids is 1. The molecule has 0 saturated carbocycles. The van der Waals surface area contributed by atoms with Gasteiger partial charge in [0.15, 0.2) is 0 Å². The average molecular weight is 243 g/mol. The van der Waals surface area contributed by atoms with Crippen LogP contribution in [0.15, 0.2) is 0 Å². The van der Waals surface area contributed by atoms with Crippen LogP contribution in [0.4, 0.5) is 0 Å². The second-order valence-corrected chi connectivity index (χ2v) is 4.99. The fraction of sp³-hybridized carbons (Fsp3) is 0.846. The number of nitrogens with one attached hydrogen (secondary N) is 1. The molecule has 0 aromatic heterocycles. The monoisotopic (exact) mass is 243 g/mol. The van der Waals surface area contributed by atoms with Crippen molar-refractivity contribution in [1.82, 2.24) is 5.32 Å². The molecule has 0 spiro atoms. The van der Waals surface area contributed by atoms with Crippen molar-refractivity contribution < 1.29 is 14.7 Å². The highest BCUT2D eigenvalue weighted by atomic mass is 16.4. The van der Waals surface area contributed by atoms with Crippen molar-refractivity contribution in [3.8, 4) is 0 Å². The Balaban J connectivity index is 4.47. The zero-order valence-electron chi connectivity index (χ0n) is 11.4. The molecule has 1 amide bonds. The van der Waals surface area contributed by atoms with Crippen molar-refractivity contribution in [3.63, 3.8) is 0 Å². The van der Waals surface area contributed by atoms with Crippen molar-refractivity contribution >= 4 is 11.9 Å². The zero-order valence-corrected chi connectivity index (χ0v) is 11.4. The Bertz CT molecular complexity index is 257. The first-order valence-electron chi connectivity index (χ1n) is 6.38. The maximum atomic E-state index is 12.1. The number of aliphatic carboxylic acids is 1. The molecule has 0 atom stereocenters. The maximum Gasteiger partial charge on any atom is 0.305 e. The van der Waals surface area contributed by atoms with Crippen LogP contribution in [0.2, 0.25) is 0 Å². The molecule has 0 rings (SSSR count). The van der Waals surface area contributed by atoms with Crippen LogP contribution in [0, 0.1) is 11.3 Å². The van der Waals surface area contributed by atoms with Gasteiger partial charge < -0.3 is 10.4 Å². The molecule has 0 fully saturated rings. The summed E-state index contributed by atoms with van der Waals surface area (Å²) in [5.74, 6) is -0.426. The molecule has 0 aromatic rings. The summed E-state index contributed by atoms with van der Waals surface area (Å²) < 4.78 is 0. The SMILES string of the molecule is CCC(CC)(CC(C)C)C(=O)NCCC(=O)O. The van der Waals surface area contributed by atoms with Gasteiger partial charge in [-0.1, -0.05) is 27.7 Å². The minimum Gasteiger partial charge on any atom is -0.481 e. The van der Waals surface area contributed by atoms with Crippen LogP contribution >= 0.6 is 0 Å². The molecule has 2 N–H and O–H groups in total. The number of hydrogen-bond acceptors (Lipinski definition) is 2. The summed E-state index contributed by atoms with van der Waals surface area (Å²) in [6, 6.07) is 0. The Kier molecular flexibility index (Phi) is 6.85. The fourth-order valence-electron chi connectivity index (χ4n) is 2.20. The first kappa shape index (κ1) is 15.9. The summed E-state index contributed by atoms with van der Waals surface area (Å²) >= 11 is 0. The lowest BCUT2D eigenvalue weighted by atomic mass is 9.75. The first-order valence-corrected chi connectivity index (χ1v) is 6.38. The molecule has 4 heteroatoms. The van der Waals surface area contributed by atoms with Gasteiger partial charge in [0.25, 0.3) is 0 Å². The highest BCUT2D eigenvalue weighted by molar-refractivity contribution is 5.83. The topological polar surface area (TPSA) is 66.4 Å². The van der Waals surface area contributed by atoms with E-state index in [0.717, 1.165) is 19.3 Å². The predicted molar refractivity (Wildman–Crippen MR) is 67.7 cm³/mol. The molecule has 0 aromatic carbocycles. The van der Waals surface area contributed by atoms with E-state index in [9.17, 15) is 9.59 Å². The quantitative estimate of drug-likeness (QED) is 0.688. The van der Waals surface area contributed by atoms with Crippen LogP contribution in [-0.4, -0.2) is 23.5 Å². The number of carbonyl (C=O) groups excluding carboxylic acids is 1. The molecule has 0 aliphatic heterocycles. The lowest BCUT2D eigenvalue weighted by Gasteiger charge is -2.32. The van der Waals surface area contributed by atoms with Crippen LogP contribution in [-0.2, 0) is 9.59 Å². The van der Waals surface area contributed by atoms with Crippen LogP contribution in [0.1, 0.15) is 53.4 Å². The third-order valence-electron chi connectivity index (χ3n) is 3.26. The van der Waals surface area contributed by atoms with Crippen molar-refractivity contribution in [1.29, 1.82) is 0 Å². The highest BCUT2D eigenvalue weighted by Gasteiger charge is 2.34. The highest BCUT2D eigenvalue weighted by Crippen LogP contribution is 2.34. The molecule has 0 bridgehead atoms. The standard InChI is InChI=1S/C13H25NO3/c1-5-13(6-2,9-10(3)4)12(17)14-8-7-11(15)16/h10H,5-9H2,1-4H3,(H,14,17)(H,15,16). The summed E-state index contributed by atoms with van der Waals surface area (Å²) in [5, 5.41) is 11.3. The lowest BCUT2D eigenvalue weighted by Crippen LogP contribution is -2.42.